The van der Waals surface area contributed by atoms with E-state index in [4.69, 9.17) is 9.26 Å². The molecule has 2 rings (SSSR count). The molecule has 1 amide bonds. The van der Waals surface area contributed by atoms with Gasteiger partial charge < -0.3 is 14.6 Å². The summed E-state index contributed by atoms with van der Waals surface area (Å²) in [6.07, 6.45) is 2.77. The Bertz CT molecular complexity index is 388. The van der Waals surface area contributed by atoms with Crippen molar-refractivity contribution in [3.63, 3.8) is 0 Å². The van der Waals surface area contributed by atoms with E-state index in [1.54, 1.807) is 6.07 Å². The summed E-state index contributed by atoms with van der Waals surface area (Å²) >= 11 is 3.35. The number of hydrogen-bond donors (Lipinski definition) is 1. The van der Waals surface area contributed by atoms with Crippen molar-refractivity contribution < 1.29 is 14.1 Å². The van der Waals surface area contributed by atoms with Crippen molar-refractivity contribution in [3.8, 4) is 0 Å². The molecule has 0 spiro atoms. The minimum Gasteiger partial charge on any atom is -0.381 e. The molecule has 1 unspecified atom stereocenters. The van der Waals surface area contributed by atoms with Gasteiger partial charge in [0.1, 0.15) is 5.76 Å². The van der Waals surface area contributed by atoms with E-state index < -0.39 is 0 Å². The van der Waals surface area contributed by atoms with Gasteiger partial charge in [-0.3, -0.25) is 4.79 Å². The van der Waals surface area contributed by atoms with Crippen LogP contribution in [0.15, 0.2) is 10.6 Å². The van der Waals surface area contributed by atoms with E-state index in [0.717, 1.165) is 43.6 Å². The fourth-order valence-electron chi connectivity index (χ4n) is 1.85. The smallest absolute Gasteiger partial charge is 0.273 e. The van der Waals surface area contributed by atoms with E-state index in [1.807, 2.05) is 0 Å². The van der Waals surface area contributed by atoms with Gasteiger partial charge in [-0.25, -0.2) is 0 Å². The molecule has 0 aliphatic carbocycles. The Kier molecular flexibility index (Phi) is 5.19. The number of aromatic nitrogens is 1. The lowest BCUT2D eigenvalue weighted by Gasteiger charge is -2.07. The number of nitrogens with one attached hydrogen (secondary N) is 1. The zero-order chi connectivity index (χ0) is 12.8. The molecule has 5 nitrogen and oxygen atoms in total. The predicted octanol–water partition coefficient (Wildman–Crippen LogP) is 1.77. The molecule has 1 fully saturated rings. The molecule has 1 aliphatic heterocycles. The second-order valence-electron chi connectivity index (χ2n) is 4.41. The van der Waals surface area contributed by atoms with Crippen molar-refractivity contribution in [2.75, 3.05) is 25.1 Å². The van der Waals surface area contributed by atoms with Crippen LogP contribution in [0.2, 0.25) is 0 Å². The zero-order valence-electron chi connectivity index (χ0n) is 10.2. The summed E-state index contributed by atoms with van der Waals surface area (Å²) in [4.78, 5) is 11.8. The van der Waals surface area contributed by atoms with Crippen molar-refractivity contribution in [2.45, 2.75) is 19.3 Å². The fourth-order valence-corrected chi connectivity index (χ4v) is 2.13. The molecule has 18 heavy (non-hydrogen) atoms. The Morgan fingerprint density at radius 2 is 2.50 bits per heavy atom. The predicted molar refractivity (Wildman–Crippen MR) is 69.9 cm³/mol. The number of carbonyl (C=O) groups is 1. The third-order valence-electron chi connectivity index (χ3n) is 2.92. The van der Waals surface area contributed by atoms with Crippen LogP contribution in [0.5, 0.6) is 0 Å². The number of hydrogen-bond acceptors (Lipinski definition) is 4. The number of alkyl halides is 1. The fraction of sp³-hybridized carbons (Fsp3) is 0.667. The minimum atomic E-state index is -0.171. The van der Waals surface area contributed by atoms with Crippen LogP contribution < -0.4 is 5.32 Å². The van der Waals surface area contributed by atoms with E-state index >= 15 is 0 Å². The lowest BCUT2D eigenvalue weighted by atomic mass is 10.1. The highest BCUT2D eigenvalue weighted by molar-refractivity contribution is 9.09. The maximum absolute atomic E-state index is 11.8. The van der Waals surface area contributed by atoms with Gasteiger partial charge in [-0.2, -0.15) is 0 Å². The molecule has 0 bridgehead atoms. The standard InChI is InChI=1S/C12H17BrN2O3/c13-4-1-2-10-6-11(15-18-10)12(16)14-7-9-3-5-17-8-9/h6,9H,1-5,7-8H2,(H,14,16). The molecule has 1 aromatic rings. The molecule has 100 valence electrons. The Morgan fingerprint density at radius 3 is 3.22 bits per heavy atom. The Balaban J connectivity index is 1.78. The lowest BCUT2D eigenvalue weighted by molar-refractivity contribution is 0.0936. The molecular weight excluding hydrogens is 300 g/mol. The van der Waals surface area contributed by atoms with Crippen LogP contribution in [-0.4, -0.2) is 36.2 Å². The first-order valence-corrected chi connectivity index (χ1v) is 7.29. The summed E-state index contributed by atoms with van der Waals surface area (Å²) in [5, 5.41) is 7.55. The number of nitrogens with zero attached hydrogens (tertiary/aromatic N) is 1. The monoisotopic (exact) mass is 316 g/mol. The molecule has 1 aromatic heterocycles. The molecule has 0 radical (unpaired) electrons. The van der Waals surface area contributed by atoms with E-state index in [-0.39, 0.29) is 5.91 Å². The van der Waals surface area contributed by atoms with Gasteiger partial charge in [-0.1, -0.05) is 21.1 Å². The van der Waals surface area contributed by atoms with Crippen LogP contribution in [0.1, 0.15) is 29.1 Å². The van der Waals surface area contributed by atoms with Gasteiger partial charge in [-0.05, 0) is 12.8 Å². The summed E-state index contributed by atoms with van der Waals surface area (Å²) in [6.45, 7) is 2.17. The van der Waals surface area contributed by atoms with Crippen molar-refractivity contribution in [1.29, 1.82) is 0 Å². The van der Waals surface area contributed by atoms with Gasteiger partial charge in [-0.15, -0.1) is 0 Å². The SMILES string of the molecule is O=C(NCC1CCOC1)c1cc(CCCBr)on1. The second kappa shape index (κ2) is 6.89. The molecule has 1 atom stereocenters. The zero-order valence-corrected chi connectivity index (χ0v) is 11.7. The third kappa shape index (κ3) is 3.81. The number of amides is 1. The maximum Gasteiger partial charge on any atom is 0.273 e. The Hall–Kier alpha value is -0.880. The van der Waals surface area contributed by atoms with Crippen LogP contribution in [0, 0.1) is 5.92 Å². The minimum absolute atomic E-state index is 0.171. The number of carbonyl (C=O) groups excluding carboxylic acids is 1. The van der Waals surface area contributed by atoms with Crippen molar-refractivity contribution >= 4 is 21.8 Å². The summed E-state index contributed by atoms with van der Waals surface area (Å²) < 4.78 is 10.4. The van der Waals surface area contributed by atoms with Gasteiger partial charge in [0.25, 0.3) is 5.91 Å². The first kappa shape index (κ1) is 13.5. The number of halogens is 1. The number of rotatable bonds is 6. The molecule has 0 saturated carbocycles. The Labute approximate surface area is 114 Å². The largest absolute Gasteiger partial charge is 0.381 e. The summed E-state index contributed by atoms with van der Waals surface area (Å²) in [6, 6.07) is 1.71. The van der Waals surface area contributed by atoms with Gasteiger partial charge in [0.15, 0.2) is 5.69 Å². The number of ether oxygens (including phenoxy) is 1. The third-order valence-corrected chi connectivity index (χ3v) is 3.48. The van der Waals surface area contributed by atoms with Crippen LogP contribution >= 0.6 is 15.9 Å². The Morgan fingerprint density at radius 1 is 1.61 bits per heavy atom. The van der Waals surface area contributed by atoms with Crippen LogP contribution in [0.4, 0.5) is 0 Å². The molecule has 1 saturated heterocycles. The first-order chi connectivity index (χ1) is 8.79. The molecular formula is C12H17BrN2O3. The van der Waals surface area contributed by atoms with E-state index in [2.05, 4.69) is 26.4 Å². The lowest BCUT2D eigenvalue weighted by Crippen LogP contribution is -2.29. The van der Waals surface area contributed by atoms with Crippen molar-refractivity contribution in [3.05, 3.63) is 17.5 Å². The highest BCUT2D eigenvalue weighted by Gasteiger charge is 2.18. The molecule has 1 aliphatic rings. The summed E-state index contributed by atoms with van der Waals surface area (Å²) in [5.41, 5.74) is 0.360. The highest BCUT2D eigenvalue weighted by Crippen LogP contribution is 2.11. The van der Waals surface area contributed by atoms with Crippen LogP contribution in [0.25, 0.3) is 0 Å². The normalized spacial score (nSPS) is 19.1. The van der Waals surface area contributed by atoms with Crippen molar-refractivity contribution in [1.82, 2.24) is 10.5 Å². The maximum atomic E-state index is 11.8. The summed E-state index contributed by atoms with van der Waals surface area (Å²) in [5.74, 6) is 1.01. The van der Waals surface area contributed by atoms with Gasteiger partial charge >= 0.3 is 0 Å². The van der Waals surface area contributed by atoms with E-state index in [1.165, 1.54) is 0 Å². The molecule has 1 N–H and O–H groups in total. The van der Waals surface area contributed by atoms with E-state index in [9.17, 15) is 4.79 Å². The van der Waals surface area contributed by atoms with Gasteiger partial charge in [0.2, 0.25) is 0 Å². The van der Waals surface area contributed by atoms with E-state index in [0.29, 0.717) is 18.2 Å². The second-order valence-corrected chi connectivity index (χ2v) is 5.20. The van der Waals surface area contributed by atoms with Gasteiger partial charge in [0, 0.05) is 36.9 Å². The van der Waals surface area contributed by atoms with Gasteiger partial charge in [0.05, 0.1) is 6.61 Å². The van der Waals surface area contributed by atoms with Crippen LogP contribution in [0.3, 0.4) is 0 Å². The molecule has 6 heteroatoms. The average molecular weight is 317 g/mol. The summed E-state index contributed by atoms with van der Waals surface area (Å²) in [7, 11) is 0. The molecule has 2 heterocycles. The highest BCUT2D eigenvalue weighted by atomic mass is 79.9. The molecule has 0 aromatic carbocycles. The number of aryl methyl sites for hydroxylation is 1. The van der Waals surface area contributed by atoms with Crippen molar-refractivity contribution in [2.24, 2.45) is 5.92 Å². The van der Waals surface area contributed by atoms with Crippen LogP contribution in [-0.2, 0) is 11.2 Å². The average Bonchev–Trinajstić information content (AvgIpc) is 3.04. The topological polar surface area (TPSA) is 64.4 Å². The quantitative estimate of drug-likeness (QED) is 0.812. The first-order valence-electron chi connectivity index (χ1n) is 6.17.